The summed E-state index contributed by atoms with van der Waals surface area (Å²) in [5, 5.41) is 12.5. The minimum atomic E-state index is -0.328. The molecule has 146 valence electrons. The van der Waals surface area contributed by atoms with E-state index in [-0.39, 0.29) is 11.9 Å². The van der Waals surface area contributed by atoms with Gasteiger partial charge in [-0.25, -0.2) is 4.79 Å². The van der Waals surface area contributed by atoms with E-state index in [0.717, 1.165) is 40.6 Å². The lowest BCUT2D eigenvalue weighted by Gasteiger charge is -2.08. The minimum Gasteiger partial charge on any atom is -0.462 e. The van der Waals surface area contributed by atoms with Crippen molar-refractivity contribution in [1.29, 1.82) is 0 Å². The smallest absolute Gasteiger partial charge is 0.341 e. The summed E-state index contributed by atoms with van der Waals surface area (Å²) < 4.78 is 6.13. The van der Waals surface area contributed by atoms with Gasteiger partial charge in [0.25, 0.3) is 0 Å². The Kier molecular flexibility index (Phi) is 7.26. The van der Waals surface area contributed by atoms with Crippen LogP contribution >= 0.6 is 34.4 Å². The van der Waals surface area contributed by atoms with E-state index < -0.39 is 0 Å². The van der Waals surface area contributed by atoms with Crippen molar-refractivity contribution in [3.05, 3.63) is 21.0 Å². The monoisotopic (exact) mass is 425 g/mol. The van der Waals surface area contributed by atoms with Crippen LogP contribution in [0.15, 0.2) is 4.34 Å². The zero-order valence-electron chi connectivity index (χ0n) is 15.5. The molecule has 0 fully saturated rings. The van der Waals surface area contributed by atoms with Crippen LogP contribution in [-0.2, 0) is 22.4 Å². The van der Waals surface area contributed by atoms with E-state index in [1.54, 1.807) is 6.92 Å². The highest BCUT2D eigenvalue weighted by molar-refractivity contribution is 8.01. The maximum absolute atomic E-state index is 12.5. The highest BCUT2D eigenvalue weighted by Gasteiger charge is 2.26. The molecule has 9 heteroatoms. The third kappa shape index (κ3) is 5.30. The van der Waals surface area contributed by atoms with Crippen molar-refractivity contribution in [2.24, 2.45) is 0 Å². The number of thioether (sulfide) groups is 1. The van der Waals surface area contributed by atoms with Gasteiger partial charge < -0.3 is 10.1 Å². The molecule has 3 rings (SSSR count). The van der Waals surface area contributed by atoms with E-state index in [1.807, 2.05) is 6.92 Å². The number of thiophene rings is 1. The van der Waals surface area contributed by atoms with Gasteiger partial charge in [-0.15, -0.1) is 21.5 Å². The lowest BCUT2D eigenvalue weighted by atomic mass is 10.1. The predicted octanol–water partition coefficient (Wildman–Crippen LogP) is 4.47. The summed E-state index contributed by atoms with van der Waals surface area (Å²) in [6.45, 7) is 4.04. The van der Waals surface area contributed by atoms with Crippen molar-refractivity contribution in [3.63, 3.8) is 0 Å². The van der Waals surface area contributed by atoms with Gasteiger partial charge in [-0.1, -0.05) is 29.5 Å². The molecule has 0 atom stereocenters. The molecule has 6 nitrogen and oxygen atoms in total. The number of aromatic nitrogens is 2. The number of aryl methyl sites for hydroxylation is 2. The fourth-order valence-electron chi connectivity index (χ4n) is 3.01. The number of nitrogens with zero attached hydrogens (tertiary/aromatic N) is 2. The normalized spacial score (nSPS) is 13.7. The van der Waals surface area contributed by atoms with Crippen LogP contribution in [0.25, 0.3) is 0 Å². The molecule has 0 saturated heterocycles. The Balaban J connectivity index is 1.67. The average Bonchev–Trinajstić information content (AvgIpc) is 3.10. The van der Waals surface area contributed by atoms with Crippen LogP contribution in [0, 0.1) is 6.92 Å². The quantitative estimate of drug-likeness (QED) is 0.400. The molecule has 1 aliphatic rings. The van der Waals surface area contributed by atoms with E-state index in [4.69, 9.17) is 4.74 Å². The summed E-state index contributed by atoms with van der Waals surface area (Å²) in [6.07, 6.45) is 5.57. The van der Waals surface area contributed by atoms with Crippen LogP contribution < -0.4 is 5.32 Å². The predicted molar refractivity (Wildman–Crippen MR) is 110 cm³/mol. The molecule has 1 aliphatic carbocycles. The van der Waals surface area contributed by atoms with Crippen molar-refractivity contribution in [1.82, 2.24) is 10.2 Å². The first-order valence-corrected chi connectivity index (χ1v) is 11.7. The SMILES string of the molecule is CCOC(=O)c1c(NC(=O)CCSc2nnc(C)s2)sc2c1CCCCC2. The second-order valence-corrected chi connectivity index (χ2v) is 9.85. The van der Waals surface area contributed by atoms with Crippen molar-refractivity contribution < 1.29 is 14.3 Å². The summed E-state index contributed by atoms with van der Waals surface area (Å²) in [7, 11) is 0. The van der Waals surface area contributed by atoms with Gasteiger partial charge in [0.15, 0.2) is 4.34 Å². The van der Waals surface area contributed by atoms with Crippen LogP contribution in [0.1, 0.15) is 58.4 Å². The fourth-order valence-corrected chi connectivity index (χ4v) is 6.12. The van der Waals surface area contributed by atoms with E-state index in [9.17, 15) is 9.59 Å². The molecule has 2 aromatic rings. The molecule has 0 bridgehead atoms. The molecule has 27 heavy (non-hydrogen) atoms. The number of fused-ring (bicyclic) bond motifs is 1. The molecule has 2 heterocycles. The van der Waals surface area contributed by atoms with E-state index >= 15 is 0 Å². The molecular weight excluding hydrogens is 402 g/mol. The first-order chi connectivity index (χ1) is 13.1. The van der Waals surface area contributed by atoms with E-state index in [2.05, 4.69) is 15.5 Å². The maximum Gasteiger partial charge on any atom is 0.341 e. The molecular formula is C18H23N3O3S3. The average molecular weight is 426 g/mol. The number of ether oxygens (including phenoxy) is 1. The van der Waals surface area contributed by atoms with Gasteiger partial charge in [-0.3, -0.25) is 4.79 Å². The maximum atomic E-state index is 12.5. The van der Waals surface area contributed by atoms with Gasteiger partial charge >= 0.3 is 5.97 Å². The molecule has 0 aliphatic heterocycles. The molecule has 0 radical (unpaired) electrons. The zero-order valence-corrected chi connectivity index (χ0v) is 18.0. The van der Waals surface area contributed by atoms with E-state index in [1.165, 1.54) is 45.7 Å². The van der Waals surface area contributed by atoms with Gasteiger partial charge in [0, 0.05) is 17.1 Å². The lowest BCUT2D eigenvalue weighted by Crippen LogP contribution is -2.15. The van der Waals surface area contributed by atoms with Crippen LogP contribution in [0.3, 0.4) is 0 Å². The first kappa shape index (κ1) is 20.3. The number of nitrogens with one attached hydrogen (secondary N) is 1. The Morgan fingerprint density at radius 1 is 1.19 bits per heavy atom. The summed E-state index contributed by atoms with van der Waals surface area (Å²) in [5.41, 5.74) is 1.64. The molecule has 0 saturated carbocycles. The number of hydrogen-bond acceptors (Lipinski definition) is 8. The lowest BCUT2D eigenvalue weighted by molar-refractivity contribution is -0.115. The molecule has 0 aromatic carbocycles. The summed E-state index contributed by atoms with van der Waals surface area (Å²) >= 11 is 4.58. The van der Waals surface area contributed by atoms with Gasteiger partial charge in [0.2, 0.25) is 5.91 Å². The summed E-state index contributed by atoms with van der Waals surface area (Å²) in [4.78, 5) is 26.1. The van der Waals surface area contributed by atoms with Crippen LogP contribution in [-0.4, -0.2) is 34.4 Å². The van der Waals surface area contributed by atoms with Crippen molar-refractivity contribution >= 4 is 51.3 Å². The number of anilines is 1. The van der Waals surface area contributed by atoms with Crippen LogP contribution in [0.2, 0.25) is 0 Å². The third-order valence-corrected chi connectivity index (χ3v) is 7.40. The Morgan fingerprint density at radius 3 is 2.74 bits per heavy atom. The Hall–Kier alpha value is -1.45. The van der Waals surface area contributed by atoms with Gasteiger partial charge in [-0.2, -0.15) is 0 Å². The first-order valence-electron chi connectivity index (χ1n) is 9.13. The van der Waals surface area contributed by atoms with Crippen molar-refractivity contribution in [2.75, 3.05) is 17.7 Å². The molecule has 0 unspecified atom stereocenters. The molecule has 0 spiro atoms. The van der Waals surface area contributed by atoms with Crippen molar-refractivity contribution in [3.8, 4) is 0 Å². The second kappa shape index (κ2) is 9.66. The Morgan fingerprint density at radius 2 is 2.00 bits per heavy atom. The number of rotatable bonds is 7. The zero-order chi connectivity index (χ0) is 19.2. The minimum absolute atomic E-state index is 0.0919. The number of hydrogen-bond donors (Lipinski definition) is 1. The Bertz CT molecular complexity index is 816. The Labute approximate surface area is 171 Å². The second-order valence-electron chi connectivity index (χ2n) is 6.22. The van der Waals surface area contributed by atoms with Gasteiger partial charge in [0.05, 0.1) is 12.2 Å². The summed E-state index contributed by atoms with van der Waals surface area (Å²) in [5.74, 6) is 0.205. The standard InChI is InChI=1S/C18H23N3O3S3/c1-3-24-17(23)15-12-7-5-4-6-8-13(12)27-16(15)19-14(22)9-10-25-18-21-20-11(2)26-18/h3-10H2,1-2H3,(H,19,22). The van der Waals surface area contributed by atoms with Gasteiger partial charge in [0.1, 0.15) is 10.0 Å². The third-order valence-electron chi connectivity index (χ3n) is 4.22. The number of esters is 1. The fraction of sp³-hybridized carbons (Fsp3) is 0.556. The number of carbonyl (C=O) groups excluding carboxylic acids is 2. The van der Waals surface area contributed by atoms with Crippen LogP contribution in [0.5, 0.6) is 0 Å². The topological polar surface area (TPSA) is 81.2 Å². The highest BCUT2D eigenvalue weighted by Crippen LogP contribution is 2.38. The number of carbonyl (C=O) groups is 2. The number of amides is 1. The van der Waals surface area contributed by atoms with Gasteiger partial charge in [-0.05, 0) is 45.1 Å². The largest absolute Gasteiger partial charge is 0.462 e. The molecule has 2 aromatic heterocycles. The highest BCUT2D eigenvalue weighted by atomic mass is 32.2. The summed E-state index contributed by atoms with van der Waals surface area (Å²) in [6, 6.07) is 0. The van der Waals surface area contributed by atoms with Crippen LogP contribution in [0.4, 0.5) is 5.00 Å². The van der Waals surface area contributed by atoms with Crippen molar-refractivity contribution in [2.45, 2.75) is 56.7 Å². The molecule has 1 amide bonds. The van der Waals surface area contributed by atoms with E-state index in [0.29, 0.717) is 29.3 Å². The molecule has 1 N–H and O–H groups in total.